The van der Waals surface area contributed by atoms with Crippen molar-refractivity contribution in [2.75, 3.05) is 14.1 Å². The Kier molecular flexibility index (Phi) is 5.49. The molecule has 2 aromatic carbocycles. The van der Waals surface area contributed by atoms with Gasteiger partial charge < -0.3 is 4.90 Å². The first-order valence-electron chi connectivity index (χ1n) is 10.7. The first kappa shape index (κ1) is 21.1. The topological polar surface area (TPSA) is 57.7 Å². The van der Waals surface area contributed by atoms with Crippen LogP contribution in [0.4, 0.5) is 0 Å². The van der Waals surface area contributed by atoms with E-state index in [-0.39, 0.29) is 22.9 Å². The lowest BCUT2D eigenvalue weighted by Crippen LogP contribution is -2.38. The van der Waals surface area contributed by atoms with Crippen molar-refractivity contribution in [3.8, 4) is 0 Å². The third kappa shape index (κ3) is 3.67. The molecule has 1 amide bonds. The molecule has 2 aliphatic carbocycles. The number of carbonyl (C=O) groups is 1. The van der Waals surface area contributed by atoms with E-state index in [9.17, 15) is 13.2 Å². The SMILES string of the molecule is Cc1cc(C(=O)N(C2CC2)C2CCCc3ccccc32)cc(S(=O)(=O)N(C)C)c1C. The summed E-state index contributed by atoms with van der Waals surface area (Å²) in [5.41, 5.74) is 4.55. The summed E-state index contributed by atoms with van der Waals surface area (Å²) in [6.45, 7) is 3.67. The van der Waals surface area contributed by atoms with Crippen LogP contribution in [0.25, 0.3) is 0 Å². The van der Waals surface area contributed by atoms with Gasteiger partial charge in [-0.25, -0.2) is 12.7 Å². The molecule has 4 rings (SSSR count). The van der Waals surface area contributed by atoms with Crippen LogP contribution in [0.5, 0.6) is 0 Å². The Hall–Kier alpha value is -2.18. The van der Waals surface area contributed by atoms with Gasteiger partial charge in [0.2, 0.25) is 10.0 Å². The lowest BCUT2D eigenvalue weighted by molar-refractivity contribution is 0.0637. The molecule has 2 aromatic rings. The lowest BCUT2D eigenvalue weighted by atomic mass is 9.86. The standard InChI is InChI=1S/C24H30N2O3S/c1-16-14-19(15-23(17(16)2)30(28,29)25(3)4)24(27)26(20-12-13-20)22-11-7-9-18-8-5-6-10-21(18)22/h5-6,8,10,14-15,20,22H,7,9,11-13H2,1-4H3. The molecule has 2 aliphatic rings. The van der Waals surface area contributed by atoms with Gasteiger partial charge in [0, 0.05) is 25.7 Å². The summed E-state index contributed by atoms with van der Waals surface area (Å²) in [5.74, 6) is -0.0579. The number of nitrogens with zero attached hydrogens (tertiary/aromatic N) is 2. The average molecular weight is 427 g/mol. The van der Waals surface area contributed by atoms with Crippen molar-refractivity contribution in [2.24, 2.45) is 0 Å². The Labute approximate surface area is 179 Å². The molecule has 5 nitrogen and oxygen atoms in total. The minimum absolute atomic E-state index is 0.0579. The van der Waals surface area contributed by atoms with Crippen LogP contribution in [0.15, 0.2) is 41.3 Å². The number of fused-ring (bicyclic) bond motifs is 1. The van der Waals surface area contributed by atoms with Crippen molar-refractivity contribution in [1.29, 1.82) is 0 Å². The van der Waals surface area contributed by atoms with Gasteiger partial charge >= 0.3 is 0 Å². The summed E-state index contributed by atoms with van der Waals surface area (Å²) in [7, 11) is -0.584. The van der Waals surface area contributed by atoms with Crippen LogP contribution in [0.2, 0.25) is 0 Å². The van der Waals surface area contributed by atoms with Gasteiger partial charge in [-0.05, 0) is 80.3 Å². The van der Waals surface area contributed by atoms with Gasteiger partial charge in [0.05, 0.1) is 10.9 Å². The Morgan fingerprint density at radius 1 is 1.03 bits per heavy atom. The van der Waals surface area contributed by atoms with Crippen molar-refractivity contribution >= 4 is 15.9 Å². The molecule has 1 fully saturated rings. The van der Waals surface area contributed by atoms with Crippen LogP contribution in [0.3, 0.4) is 0 Å². The predicted octanol–water partition coefficient (Wildman–Crippen LogP) is 4.24. The monoisotopic (exact) mass is 426 g/mol. The van der Waals surface area contributed by atoms with Crippen LogP contribution < -0.4 is 0 Å². The summed E-state index contributed by atoms with van der Waals surface area (Å²) in [5, 5.41) is 0. The maximum absolute atomic E-state index is 13.8. The Balaban J connectivity index is 1.78. The highest BCUT2D eigenvalue weighted by Crippen LogP contribution is 2.42. The average Bonchev–Trinajstić information content (AvgIpc) is 3.55. The molecule has 30 heavy (non-hydrogen) atoms. The summed E-state index contributed by atoms with van der Waals surface area (Å²) in [6.07, 6.45) is 5.09. The zero-order valence-electron chi connectivity index (χ0n) is 18.2. The number of aryl methyl sites for hydroxylation is 2. The molecule has 1 unspecified atom stereocenters. The van der Waals surface area contributed by atoms with Crippen LogP contribution in [-0.2, 0) is 16.4 Å². The first-order chi connectivity index (χ1) is 14.2. The zero-order chi connectivity index (χ0) is 21.6. The number of carbonyl (C=O) groups excluding carboxylic acids is 1. The molecule has 0 aromatic heterocycles. The van der Waals surface area contributed by atoms with E-state index in [0.29, 0.717) is 11.1 Å². The molecule has 0 N–H and O–H groups in total. The number of hydrogen-bond acceptors (Lipinski definition) is 3. The van der Waals surface area contributed by atoms with Crippen LogP contribution in [0, 0.1) is 13.8 Å². The third-order valence-electron chi connectivity index (χ3n) is 6.47. The minimum Gasteiger partial charge on any atom is -0.329 e. The summed E-state index contributed by atoms with van der Waals surface area (Å²) in [4.78, 5) is 16.0. The molecule has 0 aliphatic heterocycles. The quantitative estimate of drug-likeness (QED) is 0.719. The number of amides is 1. The van der Waals surface area contributed by atoms with Crippen LogP contribution in [0.1, 0.15) is 64.3 Å². The number of hydrogen-bond donors (Lipinski definition) is 0. The largest absolute Gasteiger partial charge is 0.329 e. The van der Waals surface area contributed by atoms with Crippen molar-refractivity contribution in [1.82, 2.24) is 9.21 Å². The van der Waals surface area contributed by atoms with E-state index in [0.717, 1.165) is 37.7 Å². The van der Waals surface area contributed by atoms with E-state index in [1.807, 2.05) is 24.0 Å². The molecular weight excluding hydrogens is 396 g/mol. The highest BCUT2D eigenvalue weighted by molar-refractivity contribution is 7.89. The second-order valence-corrected chi connectivity index (χ2v) is 10.9. The Morgan fingerprint density at radius 2 is 1.73 bits per heavy atom. The molecule has 0 spiro atoms. The fraction of sp³-hybridized carbons (Fsp3) is 0.458. The second kappa shape index (κ2) is 7.82. The van der Waals surface area contributed by atoms with Gasteiger partial charge in [0.25, 0.3) is 5.91 Å². The van der Waals surface area contributed by atoms with Gasteiger partial charge in [0.15, 0.2) is 0 Å². The molecule has 0 saturated heterocycles. The lowest BCUT2D eigenvalue weighted by Gasteiger charge is -2.36. The van der Waals surface area contributed by atoms with E-state index in [4.69, 9.17) is 0 Å². The van der Waals surface area contributed by atoms with Gasteiger partial charge in [-0.3, -0.25) is 4.79 Å². The highest BCUT2D eigenvalue weighted by atomic mass is 32.2. The zero-order valence-corrected chi connectivity index (χ0v) is 19.0. The van der Waals surface area contributed by atoms with Crippen molar-refractivity contribution < 1.29 is 13.2 Å². The number of benzene rings is 2. The second-order valence-electron chi connectivity index (χ2n) is 8.75. The molecule has 160 valence electrons. The van der Waals surface area contributed by atoms with Crippen molar-refractivity contribution in [3.63, 3.8) is 0 Å². The van der Waals surface area contributed by atoms with Crippen molar-refractivity contribution in [2.45, 2.75) is 62.9 Å². The molecular formula is C24H30N2O3S. The van der Waals surface area contributed by atoms with E-state index in [2.05, 4.69) is 18.2 Å². The summed E-state index contributed by atoms with van der Waals surface area (Å²) >= 11 is 0. The van der Waals surface area contributed by atoms with Gasteiger partial charge in [-0.15, -0.1) is 0 Å². The van der Waals surface area contributed by atoms with Gasteiger partial charge in [-0.1, -0.05) is 24.3 Å². The normalized spacial score (nSPS) is 18.9. The summed E-state index contributed by atoms with van der Waals surface area (Å²) < 4.78 is 26.9. The maximum atomic E-state index is 13.8. The highest BCUT2D eigenvalue weighted by Gasteiger charge is 2.40. The first-order valence-corrected chi connectivity index (χ1v) is 12.1. The number of sulfonamides is 1. The van der Waals surface area contributed by atoms with E-state index in [1.165, 1.54) is 29.5 Å². The van der Waals surface area contributed by atoms with Gasteiger partial charge in [0.1, 0.15) is 0 Å². The van der Waals surface area contributed by atoms with Crippen molar-refractivity contribution in [3.05, 3.63) is 64.2 Å². The molecule has 1 atom stereocenters. The van der Waals surface area contributed by atoms with E-state index < -0.39 is 10.0 Å². The maximum Gasteiger partial charge on any atom is 0.254 e. The summed E-state index contributed by atoms with van der Waals surface area (Å²) in [6, 6.07) is 12.1. The Bertz CT molecular complexity index is 1090. The van der Waals surface area contributed by atoms with Crippen LogP contribution >= 0.6 is 0 Å². The molecule has 0 radical (unpaired) electrons. The Morgan fingerprint density at radius 3 is 2.40 bits per heavy atom. The van der Waals surface area contributed by atoms with E-state index in [1.54, 1.807) is 13.0 Å². The predicted molar refractivity (Wildman–Crippen MR) is 118 cm³/mol. The smallest absolute Gasteiger partial charge is 0.254 e. The minimum atomic E-state index is -3.63. The van der Waals surface area contributed by atoms with Gasteiger partial charge in [-0.2, -0.15) is 0 Å². The fourth-order valence-corrected chi connectivity index (χ4v) is 5.71. The fourth-order valence-electron chi connectivity index (χ4n) is 4.50. The molecule has 0 heterocycles. The molecule has 6 heteroatoms. The molecule has 1 saturated carbocycles. The van der Waals surface area contributed by atoms with Crippen LogP contribution in [-0.4, -0.2) is 43.7 Å². The molecule has 0 bridgehead atoms. The third-order valence-corrected chi connectivity index (χ3v) is 8.41. The number of rotatable bonds is 5. The van der Waals surface area contributed by atoms with E-state index >= 15 is 0 Å².